The van der Waals surface area contributed by atoms with Crippen LogP contribution in [0.1, 0.15) is 12.5 Å². The van der Waals surface area contributed by atoms with Crippen molar-refractivity contribution in [2.45, 2.75) is 6.92 Å². The average Bonchev–Trinajstić information content (AvgIpc) is 2.35. The van der Waals surface area contributed by atoms with E-state index in [4.69, 9.17) is 9.47 Å². The molecular formula is C12H15NO5S. The van der Waals surface area contributed by atoms with Crippen molar-refractivity contribution in [2.75, 3.05) is 20.0 Å². The minimum atomic E-state index is -3.62. The molecule has 0 spiro atoms. The number of fused-ring (bicyclic) bond motifs is 1. The number of nitrogens with zero attached hydrogens (tertiary/aromatic N) is 1. The first-order valence-corrected chi connectivity index (χ1v) is 7.50. The summed E-state index contributed by atoms with van der Waals surface area (Å²) in [6, 6.07) is 5.27. The van der Waals surface area contributed by atoms with Crippen molar-refractivity contribution in [3.8, 4) is 11.5 Å². The van der Waals surface area contributed by atoms with Crippen LogP contribution in [-0.2, 0) is 14.4 Å². The van der Waals surface area contributed by atoms with Crippen molar-refractivity contribution in [1.29, 1.82) is 0 Å². The van der Waals surface area contributed by atoms with Gasteiger partial charge in [-0.1, -0.05) is 12.1 Å². The smallest absolute Gasteiger partial charge is 0.325 e. The summed E-state index contributed by atoms with van der Waals surface area (Å²) in [5.74, 6) is 1.21. The quantitative estimate of drug-likeness (QED) is 0.785. The van der Waals surface area contributed by atoms with Crippen molar-refractivity contribution in [3.63, 3.8) is 0 Å². The highest BCUT2D eigenvalue weighted by Gasteiger charge is 2.25. The average molecular weight is 285 g/mol. The van der Waals surface area contributed by atoms with Gasteiger partial charge in [0.1, 0.15) is 11.5 Å². The Morgan fingerprint density at radius 2 is 2.16 bits per heavy atom. The zero-order valence-electron chi connectivity index (χ0n) is 10.9. The first-order chi connectivity index (χ1) is 8.90. The van der Waals surface area contributed by atoms with E-state index in [0.717, 1.165) is 6.26 Å². The molecule has 1 unspecified atom stereocenters. The summed E-state index contributed by atoms with van der Waals surface area (Å²) in [4.78, 5) is 0. The first-order valence-electron chi connectivity index (χ1n) is 5.68. The third-order valence-corrected chi connectivity index (χ3v) is 3.03. The predicted octanol–water partition coefficient (Wildman–Crippen LogP) is 1.40. The maximum atomic E-state index is 11.0. The lowest BCUT2D eigenvalue weighted by Gasteiger charge is -2.24. The Kier molecular flexibility index (Phi) is 3.66. The minimum absolute atomic E-state index is 0.0682. The van der Waals surface area contributed by atoms with E-state index in [2.05, 4.69) is 9.44 Å². The molecule has 1 aliphatic heterocycles. The maximum absolute atomic E-state index is 11.0. The van der Waals surface area contributed by atoms with Crippen LogP contribution in [0.25, 0.3) is 0 Å². The molecule has 0 fully saturated rings. The largest absolute Gasteiger partial charge is 0.497 e. The molecule has 0 saturated carbocycles. The number of oxime groups is 1. The Balaban J connectivity index is 2.44. The summed E-state index contributed by atoms with van der Waals surface area (Å²) >= 11 is 0. The van der Waals surface area contributed by atoms with Crippen LogP contribution >= 0.6 is 0 Å². The van der Waals surface area contributed by atoms with Crippen molar-refractivity contribution in [3.05, 3.63) is 23.8 Å². The van der Waals surface area contributed by atoms with Gasteiger partial charge in [0.2, 0.25) is 0 Å². The van der Waals surface area contributed by atoms with Crippen LogP contribution in [0.3, 0.4) is 0 Å². The van der Waals surface area contributed by atoms with Crippen molar-refractivity contribution >= 4 is 15.8 Å². The normalized spacial score (nSPS) is 20.6. The number of ether oxygens (including phenoxy) is 2. The molecule has 0 amide bonds. The number of benzene rings is 1. The Labute approximate surface area is 112 Å². The fourth-order valence-electron chi connectivity index (χ4n) is 1.77. The van der Waals surface area contributed by atoms with E-state index in [1.807, 2.05) is 6.92 Å². The molecule has 0 saturated heterocycles. The number of hydrogen-bond acceptors (Lipinski definition) is 6. The van der Waals surface area contributed by atoms with E-state index in [9.17, 15) is 8.42 Å². The molecule has 1 atom stereocenters. The van der Waals surface area contributed by atoms with Gasteiger partial charge in [0.15, 0.2) is 0 Å². The highest BCUT2D eigenvalue weighted by atomic mass is 32.2. The molecule has 6 nitrogen and oxygen atoms in total. The molecule has 19 heavy (non-hydrogen) atoms. The maximum Gasteiger partial charge on any atom is 0.325 e. The molecule has 1 aromatic carbocycles. The van der Waals surface area contributed by atoms with Crippen LogP contribution in [0.2, 0.25) is 0 Å². The van der Waals surface area contributed by atoms with Gasteiger partial charge in [-0.2, -0.15) is 8.42 Å². The van der Waals surface area contributed by atoms with Crippen LogP contribution in [0.5, 0.6) is 11.5 Å². The second kappa shape index (κ2) is 5.08. The van der Waals surface area contributed by atoms with E-state index in [1.165, 1.54) is 0 Å². The molecule has 1 aliphatic rings. The molecule has 0 radical (unpaired) electrons. The topological polar surface area (TPSA) is 74.2 Å². The second-order valence-corrected chi connectivity index (χ2v) is 5.89. The number of methoxy groups -OCH3 is 1. The predicted molar refractivity (Wildman–Crippen MR) is 70.1 cm³/mol. The van der Waals surface area contributed by atoms with Gasteiger partial charge >= 0.3 is 10.1 Å². The lowest BCUT2D eigenvalue weighted by molar-refractivity contribution is 0.273. The molecule has 104 valence electrons. The van der Waals surface area contributed by atoms with Crippen molar-refractivity contribution in [2.24, 2.45) is 11.1 Å². The van der Waals surface area contributed by atoms with E-state index in [0.29, 0.717) is 29.4 Å². The Bertz CT molecular complexity index is 609. The van der Waals surface area contributed by atoms with E-state index in [-0.39, 0.29) is 5.92 Å². The Hall–Kier alpha value is -1.76. The second-order valence-electron chi connectivity index (χ2n) is 4.33. The van der Waals surface area contributed by atoms with Gasteiger partial charge in [-0.3, -0.25) is 4.28 Å². The summed E-state index contributed by atoms with van der Waals surface area (Å²) in [5, 5.41) is 3.75. The third-order valence-electron chi connectivity index (χ3n) is 2.69. The summed E-state index contributed by atoms with van der Waals surface area (Å²) < 4.78 is 37.3. The van der Waals surface area contributed by atoms with Crippen molar-refractivity contribution in [1.82, 2.24) is 0 Å². The summed E-state index contributed by atoms with van der Waals surface area (Å²) in [7, 11) is -2.07. The fourth-order valence-corrected chi connectivity index (χ4v) is 1.98. The summed E-state index contributed by atoms with van der Waals surface area (Å²) in [5.41, 5.74) is 1.22. The minimum Gasteiger partial charge on any atom is -0.497 e. The molecule has 0 N–H and O–H groups in total. The van der Waals surface area contributed by atoms with E-state index in [1.54, 1.807) is 25.3 Å². The monoisotopic (exact) mass is 285 g/mol. The molecule has 0 bridgehead atoms. The zero-order valence-corrected chi connectivity index (χ0v) is 11.7. The van der Waals surface area contributed by atoms with E-state index < -0.39 is 10.1 Å². The van der Waals surface area contributed by atoms with Gasteiger partial charge in [-0.25, -0.2) is 0 Å². The number of hydrogen-bond donors (Lipinski definition) is 0. The highest BCUT2D eigenvalue weighted by Crippen LogP contribution is 2.31. The molecule has 1 aromatic rings. The SMILES string of the molecule is COc1ccc2c(c1)/C(=N/OS(C)(=O)=O)C(C)CO2. The molecule has 7 heteroatoms. The highest BCUT2D eigenvalue weighted by molar-refractivity contribution is 7.85. The van der Waals surface area contributed by atoms with Crippen molar-refractivity contribution < 1.29 is 22.2 Å². The molecule has 2 rings (SSSR count). The van der Waals surface area contributed by atoms with Gasteiger partial charge in [-0.05, 0) is 18.2 Å². The summed E-state index contributed by atoms with van der Waals surface area (Å²) in [6.45, 7) is 2.30. The Morgan fingerprint density at radius 3 is 2.79 bits per heavy atom. The molecule has 1 heterocycles. The number of rotatable bonds is 3. The third kappa shape index (κ3) is 3.17. The lowest BCUT2D eigenvalue weighted by atomic mass is 9.95. The lowest BCUT2D eigenvalue weighted by Crippen LogP contribution is -2.26. The van der Waals surface area contributed by atoms with Gasteiger partial charge in [-0.15, -0.1) is 0 Å². The fraction of sp³-hybridized carbons (Fsp3) is 0.417. The zero-order chi connectivity index (χ0) is 14.0. The van der Waals surface area contributed by atoms with E-state index >= 15 is 0 Å². The van der Waals surface area contributed by atoms with Crippen LogP contribution in [0.4, 0.5) is 0 Å². The van der Waals surface area contributed by atoms with Gasteiger partial charge in [0.25, 0.3) is 0 Å². The standard InChI is InChI=1S/C12H15NO5S/c1-8-7-17-11-5-4-9(16-2)6-10(11)12(8)13-18-19(3,14)15/h4-6,8H,7H2,1-3H3/b13-12+. The van der Waals surface area contributed by atoms with Crippen LogP contribution in [0, 0.1) is 5.92 Å². The summed E-state index contributed by atoms with van der Waals surface area (Å²) in [6.07, 6.45) is 0.952. The van der Waals surface area contributed by atoms with Gasteiger partial charge in [0.05, 0.1) is 25.7 Å². The first kappa shape index (κ1) is 13.7. The van der Waals surface area contributed by atoms with Gasteiger partial charge < -0.3 is 9.47 Å². The van der Waals surface area contributed by atoms with Crippen LogP contribution in [0.15, 0.2) is 23.4 Å². The van der Waals surface area contributed by atoms with Crippen LogP contribution < -0.4 is 9.47 Å². The molecule has 0 aromatic heterocycles. The molecule has 0 aliphatic carbocycles. The molecular weight excluding hydrogens is 270 g/mol. The Morgan fingerprint density at radius 1 is 1.42 bits per heavy atom. The van der Waals surface area contributed by atoms with Gasteiger partial charge in [0, 0.05) is 11.5 Å². The van der Waals surface area contributed by atoms with Crippen LogP contribution in [-0.4, -0.2) is 34.1 Å².